The van der Waals surface area contributed by atoms with E-state index < -0.39 is 23.5 Å². The van der Waals surface area contributed by atoms with Crippen molar-refractivity contribution in [1.82, 2.24) is 0 Å². The molecule has 9 heteroatoms. The first-order valence-electron chi connectivity index (χ1n) is 13.4. The summed E-state index contributed by atoms with van der Waals surface area (Å²) in [6.45, 7) is 7.64. The van der Waals surface area contributed by atoms with E-state index in [1.54, 1.807) is 0 Å². The number of halogens is 8. The van der Waals surface area contributed by atoms with E-state index in [-0.39, 0.29) is 24.8 Å². The number of allylic oxidation sites excluding steroid dienone is 4. The Labute approximate surface area is 291 Å². The fraction of sp³-hybridized carbons (Fsp3) is 0.0811. The van der Waals surface area contributed by atoms with Crippen molar-refractivity contribution in [2.75, 3.05) is 0 Å². The topological polar surface area (TPSA) is 0 Å². The molecule has 0 nitrogen and oxygen atoms in total. The molecule has 0 fully saturated rings. The SMILES string of the molecule is C=Cc1ccc2[cH-]c3ccc(C=C)cc3c2c1.FC(F)(F)c1ccc([C](=[Zr+2])c2ccc(C(F)(F)F)cc2)cc1.[C-]1=CC=CC1.[Cl-].[Cl-]. The Hall–Kier alpha value is -3.38. The Morgan fingerprint density at radius 1 is 0.674 bits per heavy atom. The molecule has 5 aromatic rings. The third-order valence-electron chi connectivity index (χ3n) is 6.81. The van der Waals surface area contributed by atoms with E-state index in [4.69, 9.17) is 0 Å². The van der Waals surface area contributed by atoms with E-state index in [0.717, 1.165) is 66.0 Å². The summed E-state index contributed by atoms with van der Waals surface area (Å²) >= 11 is 0.898. The Bertz CT molecular complexity index is 1710. The van der Waals surface area contributed by atoms with E-state index in [1.807, 2.05) is 24.3 Å². The third-order valence-corrected chi connectivity index (χ3v) is 8.23. The van der Waals surface area contributed by atoms with Gasteiger partial charge in [-0.3, -0.25) is 6.08 Å². The summed E-state index contributed by atoms with van der Waals surface area (Å²) in [7, 11) is 0. The Morgan fingerprint density at radius 3 is 1.37 bits per heavy atom. The summed E-state index contributed by atoms with van der Waals surface area (Å²) in [5.74, 6) is 0. The van der Waals surface area contributed by atoms with E-state index in [9.17, 15) is 26.3 Å². The van der Waals surface area contributed by atoms with Crippen LogP contribution in [0, 0.1) is 6.08 Å². The maximum atomic E-state index is 12.5. The van der Waals surface area contributed by atoms with E-state index >= 15 is 0 Å². The predicted molar refractivity (Wildman–Crippen MR) is 165 cm³/mol. The van der Waals surface area contributed by atoms with Crippen LogP contribution >= 0.6 is 0 Å². The summed E-state index contributed by atoms with van der Waals surface area (Å²) in [4.78, 5) is 0. The fourth-order valence-corrected chi connectivity index (χ4v) is 5.27. The number of benzene rings is 4. The molecule has 46 heavy (non-hydrogen) atoms. The summed E-state index contributed by atoms with van der Waals surface area (Å²) in [5, 5.41) is 5.15. The smallest absolute Gasteiger partial charge is 0.109 e. The van der Waals surface area contributed by atoms with Crippen molar-refractivity contribution in [2.45, 2.75) is 18.8 Å². The van der Waals surface area contributed by atoms with Gasteiger partial charge in [-0.2, -0.15) is 6.08 Å². The Kier molecular flexibility index (Phi) is 14.3. The van der Waals surface area contributed by atoms with Gasteiger partial charge >= 0.3 is 137 Å². The molecule has 6 rings (SSSR count). The molecule has 0 unspecified atom stereocenters. The molecule has 1 aliphatic rings. The minimum atomic E-state index is -4.41. The molecule has 5 aromatic carbocycles. The average molecular weight is 747 g/mol. The molecule has 0 amide bonds. The van der Waals surface area contributed by atoms with Gasteiger partial charge in [-0.1, -0.05) is 49.6 Å². The van der Waals surface area contributed by atoms with Gasteiger partial charge in [-0.15, -0.1) is 46.2 Å². The summed E-state index contributed by atoms with van der Waals surface area (Å²) in [5.41, 5.74) is 1.93. The van der Waals surface area contributed by atoms with Crippen LogP contribution in [0.1, 0.15) is 39.8 Å². The van der Waals surface area contributed by atoms with Gasteiger partial charge < -0.3 is 24.8 Å². The second-order valence-electron chi connectivity index (χ2n) is 9.77. The van der Waals surface area contributed by atoms with Crippen LogP contribution in [-0.2, 0) is 36.6 Å². The van der Waals surface area contributed by atoms with Crippen LogP contribution < -0.4 is 24.8 Å². The standard InChI is InChI=1S/C17H13.C15H8F6.C5H5.2ClH.Zr/c1-3-12-5-7-14-11-15-8-6-13(4-2)10-17(15)16(14)9-12;16-14(17,18)12-5-1-10(2-6-12)9-11-3-7-13(8-4-11)15(19,20)21;1-2-4-5-3-1;;;/h3-11H,1-2H2;1-8H;1-3H,4H2;2*1H;/q-1;;-1;;;+2/p-2. The third kappa shape index (κ3) is 10.1. The number of rotatable bonds is 4. The quantitative estimate of drug-likeness (QED) is 0.177. The van der Waals surface area contributed by atoms with Gasteiger partial charge in [0.25, 0.3) is 0 Å². The summed E-state index contributed by atoms with van der Waals surface area (Å²) in [6.07, 6.45) is 4.95. The summed E-state index contributed by atoms with van der Waals surface area (Å²) < 4.78 is 75.6. The Balaban J connectivity index is 0.000000272. The van der Waals surface area contributed by atoms with Gasteiger partial charge in [-0.05, 0) is 11.1 Å². The minimum absolute atomic E-state index is 0. The molecule has 0 bridgehead atoms. The van der Waals surface area contributed by atoms with Gasteiger partial charge in [0.05, 0.1) is 0 Å². The number of hydrogen-bond donors (Lipinski definition) is 0. The fourth-order valence-electron chi connectivity index (χ4n) is 4.45. The second kappa shape index (κ2) is 17.0. The molecular formula is C37H26Cl2F6Zr-2. The van der Waals surface area contributed by atoms with Crippen molar-refractivity contribution in [3.8, 4) is 0 Å². The van der Waals surface area contributed by atoms with E-state index in [1.165, 1.54) is 45.8 Å². The van der Waals surface area contributed by atoms with Gasteiger partial charge in [0.2, 0.25) is 0 Å². The largest absolute Gasteiger partial charge is 1.00 e. The molecule has 0 aromatic heterocycles. The van der Waals surface area contributed by atoms with Crippen LogP contribution in [0.25, 0.3) is 33.7 Å². The zero-order valence-corrected chi connectivity index (χ0v) is 28.2. The second-order valence-corrected chi connectivity index (χ2v) is 11.0. The number of hydrogen-bond acceptors (Lipinski definition) is 0. The molecule has 1 aliphatic carbocycles. The normalized spacial score (nSPS) is 11.8. The molecule has 0 spiro atoms. The zero-order valence-electron chi connectivity index (χ0n) is 24.2. The first-order chi connectivity index (χ1) is 20.9. The number of alkyl halides is 6. The molecule has 0 atom stereocenters. The van der Waals surface area contributed by atoms with Crippen molar-refractivity contribution in [3.63, 3.8) is 0 Å². The van der Waals surface area contributed by atoms with E-state index in [2.05, 4.69) is 67.8 Å². The van der Waals surface area contributed by atoms with Crippen LogP contribution in [-0.4, -0.2) is 3.21 Å². The first kappa shape index (κ1) is 38.8. The maximum absolute atomic E-state index is 12.5. The van der Waals surface area contributed by atoms with Crippen molar-refractivity contribution in [1.29, 1.82) is 0 Å². The van der Waals surface area contributed by atoms with Crippen LogP contribution in [0.4, 0.5) is 26.3 Å². The zero-order chi connectivity index (χ0) is 31.9. The minimum Gasteiger partial charge on any atom is -1.00 e. The molecular weight excluding hydrogens is 721 g/mol. The molecule has 236 valence electrons. The van der Waals surface area contributed by atoms with E-state index in [0.29, 0.717) is 14.3 Å². The van der Waals surface area contributed by atoms with Crippen molar-refractivity contribution >= 4 is 36.9 Å². The first-order valence-corrected chi connectivity index (χ1v) is 14.7. The van der Waals surface area contributed by atoms with Gasteiger partial charge in [0, 0.05) is 0 Å². The van der Waals surface area contributed by atoms with Crippen LogP contribution in [0.15, 0.2) is 122 Å². The van der Waals surface area contributed by atoms with Crippen LogP contribution in [0.2, 0.25) is 0 Å². The maximum Gasteiger partial charge on any atom is -0.109 e. The molecule has 0 saturated heterocycles. The molecule has 0 radical (unpaired) electrons. The van der Waals surface area contributed by atoms with Gasteiger partial charge in [0.1, 0.15) is 0 Å². The van der Waals surface area contributed by atoms with Crippen LogP contribution in [0.5, 0.6) is 0 Å². The predicted octanol–water partition coefficient (Wildman–Crippen LogP) is 5.15. The average Bonchev–Trinajstić information content (AvgIpc) is 3.72. The van der Waals surface area contributed by atoms with Crippen molar-refractivity contribution in [2.24, 2.45) is 0 Å². The van der Waals surface area contributed by atoms with Gasteiger partial charge in [0.15, 0.2) is 0 Å². The summed E-state index contributed by atoms with van der Waals surface area (Å²) in [6, 6.07) is 24.3. The molecule has 0 aliphatic heterocycles. The Morgan fingerprint density at radius 2 is 1.09 bits per heavy atom. The molecule has 0 heterocycles. The van der Waals surface area contributed by atoms with Crippen molar-refractivity contribution < 1.29 is 75.4 Å². The molecule has 0 saturated carbocycles. The van der Waals surface area contributed by atoms with Crippen LogP contribution in [0.3, 0.4) is 0 Å². The van der Waals surface area contributed by atoms with Crippen molar-refractivity contribution in [3.05, 3.63) is 162 Å². The molecule has 0 N–H and O–H groups in total. The van der Waals surface area contributed by atoms with Gasteiger partial charge in [-0.25, -0.2) is 12.2 Å². The monoisotopic (exact) mass is 744 g/mol. The number of fused-ring (bicyclic) bond motifs is 3.